The molecule has 0 aromatic rings. The molecule has 0 saturated carbocycles. The lowest BCUT2D eigenvalue weighted by atomic mass is 10.0. The molecule has 0 unspecified atom stereocenters. The first-order valence-corrected chi connectivity index (χ1v) is 28.9. The van der Waals surface area contributed by atoms with Gasteiger partial charge in [-0.1, -0.05) is 347 Å². The fraction of sp³-hybridized carbons (Fsp3) is 0.983. The first-order valence-electron chi connectivity index (χ1n) is 28.9. The summed E-state index contributed by atoms with van der Waals surface area (Å²) in [6.45, 7) is 2.31. The van der Waals surface area contributed by atoms with Crippen molar-refractivity contribution in [3.05, 3.63) is 0 Å². The third kappa shape index (κ3) is 55.5. The van der Waals surface area contributed by atoms with Gasteiger partial charge in [-0.05, 0) is 6.42 Å². The lowest BCUT2D eigenvalue weighted by Gasteiger charge is -2.05. The van der Waals surface area contributed by atoms with Gasteiger partial charge in [-0.25, -0.2) is 0 Å². The van der Waals surface area contributed by atoms with Gasteiger partial charge in [0, 0.05) is 6.42 Å². The number of methoxy groups -OCH3 is 1. The van der Waals surface area contributed by atoms with E-state index in [1.54, 1.807) is 0 Å². The smallest absolute Gasteiger partial charge is 0.305 e. The van der Waals surface area contributed by atoms with Crippen molar-refractivity contribution in [3.63, 3.8) is 0 Å². The summed E-state index contributed by atoms with van der Waals surface area (Å²) in [5.41, 5.74) is 0. The van der Waals surface area contributed by atoms with E-state index in [9.17, 15) is 4.79 Å². The molecule has 0 saturated heterocycles. The van der Waals surface area contributed by atoms with Crippen LogP contribution >= 0.6 is 0 Å². The van der Waals surface area contributed by atoms with Gasteiger partial charge < -0.3 is 4.74 Å². The highest BCUT2D eigenvalue weighted by atomic mass is 16.5. The van der Waals surface area contributed by atoms with Gasteiger partial charge in [-0.3, -0.25) is 4.79 Å². The van der Waals surface area contributed by atoms with Crippen LogP contribution in [0.1, 0.15) is 360 Å². The number of hydrogen-bond acceptors (Lipinski definition) is 2. The lowest BCUT2D eigenvalue weighted by molar-refractivity contribution is -0.140. The predicted octanol–water partition coefficient (Wildman–Crippen LogP) is 21.6. The van der Waals surface area contributed by atoms with Gasteiger partial charge >= 0.3 is 5.97 Å². The van der Waals surface area contributed by atoms with Crippen LogP contribution in [0.4, 0.5) is 0 Å². The molecule has 0 aliphatic rings. The Hall–Kier alpha value is -0.530. The van der Waals surface area contributed by atoms with Crippen LogP contribution in [0, 0.1) is 0 Å². The van der Waals surface area contributed by atoms with Crippen LogP contribution in [-0.4, -0.2) is 13.1 Å². The number of hydrogen-bond donors (Lipinski definition) is 0. The molecule has 0 radical (unpaired) electrons. The Bertz CT molecular complexity index is 747. The second-order valence-corrected chi connectivity index (χ2v) is 20.1. The van der Waals surface area contributed by atoms with Crippen LogP contribution in [0.15, 0.2) is 0 Å². The minimum atomic E-state index is -0.0576. The van der Waals surface area contributed by atoms with Crippen LogP contribution in [0.3, 0.4) is 0 Å². The van der Waals surface area contributed by atoms with Crippen molar-refractivity contribution >= 4 is 5.97 Å². The summed E-state index contributed by atoms with van der Waals surface area (Å²) in [4.78, 5) is 11.1. The van der Waals surface area contributed by atoms with Crippen LogP contribution in [0.25, 0.3) is 0 Å². The van der Waals surface area contributed by atoms with E-state index >= 15 is 0 Å². The Morgan fingerprint density at radius 3 is 0.450 bits per heavy atom. The molecule has 2 nitrogen and oxygen atoms in total. The van der Waals surface area contributed by atoms with Crippen molar-refractivity contribution in [2.24, 2.45) is 0 Å². The molecule has 0 amide bonds. The summed E-state index contributed by atoms with van der Waals surface area (Å²) < 4.78 is 4.70. The summed E-state index contributed by atoms with van der Waals surface area (Å²) in [5, 5.41) is 0. The zero-order valence-electron chi connectivity index (χ0n) is 42.2. The van der Waals surface area contributed by atoms with Crippen molar-refractivity contribution in [1.29, 1.82) is 0 Å². The topological polar surface area (TPSA) is 26.3 Å². The van der Waals surface area contributed by atoms with Crippen molar-refractivity contribution in [2.75, 3.05) is 7.11 Å². The van der Waals surface area contributed by atoms with Gasteiger partial charge in [0.05, 0.1) is 7.11 Å². The summed E-state index contributed by atoms with van der Waals surface area (Å²) in [7, 11) is 1.48. The Labute approximate surface area is 381 Å². The number of unbranched alkanes of at least 4 members (excludes halogenated alkanes) is 53. The molecular formula is C58H116O2. The van der Waals surface area contributed by atoms with E-state index in [0.717, 1.165) is 6.42 Å². The van der Waals surface area contributed by atoms with Gasteiger partial charge in [0.1, 0.15) is 0 Å². The van der Waals surface area contributed by atoms with E-state index in [1.165, 1.54) is 347 Å². The molecular weight excluding hydrogens is 729 g/mol. The molecule has 0 aliphatic carbocycles. The third-order valence-electron chi connectivity index (χ3n) is 14.0. The standard InChI is InChI=1S/C58H116O2/c1-3-4-5-6-7-8-9-10-11-12-13-14-15-16-17-18-19-20-21-22-23-24-25-26-27-28-29-30-31-32-33-34-35-36-37-38-39-40-41-42-43-44-45-46-47-48-49-50-51-52-53-54-55-56-57-58(59)60-2/h3-57H2,1-2H3. The first-order chi connectivity index (χ1) is 29.8. The monoisotopic (exact) mass is 845 g/mol. The maximum atomic E-state index is 11.1. The number of rotatable bonds is 55. The van der Waals surface area contributed by atoms with E-state index < -0.39 is 0 Å². The Kier molecular flexibility index (Phi) is 56.0. The summed E-state index contributed by atoms with van der Waals surface area (Å²) in [6, 6.07) is 0. The molecule has 0 rings (SSSR count). The number of carbonyl (C=O) groups is 1. The molecule has 0 heterocycles. The highest BCUT2D eigenvalue weighted by Crippen LogP contribution is 2.19. The molecule has 0 N–H and O–H groups in total. The molecule has 360 valence electrons. The molecule has 0 aliphatic heterocycles. The van der Waals surface area contributed by atoms with Crippen LogP contribution in [0.2, 0.25) is 0 Å². The van der Waals surface area contributed by atoms with Crippen LogP contribution in [-0.2, 0) is 9.53 Å². The molecule has 0 aromatic carbocycles. The predicted molar refractivity (Wildman–Crippen MR) is 272 cm³/mol. The summed E-state index contributed by atoms with van der Waals surface area (Å²) in [6.07, 6.45) is 79.1. The van der Waals surface area contributed by atoms with Gasteiger partial charge in [-0.15, -0.1) is 0 Å². The quantitative estimate of drug-likeness (QED) is 0.0450. The van der Waals surface area contributed by atoms with Crippen molar-refractivity contribution < 1.29 is 9.53 Å². The van der Waals surface area contributed by atoms with Gasteiger partial charge in [0.2, 0.25) is 0 Å². The molecule has 0 atom stereocenters. The third-order valence-corrected chi connectivity index (χ3v) is 14.0. The highest BCUT2D eigenvalue weighted by Gasteiger charge is 2.01. The van der Waals surface area contributed by atoms with Crippen LogP contribution in [0.5, 0.6) is 0 Å². The maximum absolute atomic E-state index is 11.1. The Morgan fingerprint density at radius 2 is 0.333 bits per heavy atom. The lowest BCUT2D eigenvalue weighted by Crippen LogP contribution is -1.99. The normalized spacial score (nSPS) is 11.6. The van der Waals surface area contributed by atoms with Gasteiger partial charge in [-0.2, -0.15) is 0 Å². The van der Waals surface area contributed by atoms with E-state index in [4.69, 9.17) is 4.74 Å². The van der Waals surface area contributed by atoms with E-state index in [-0.39, 0.29) is 5.97 Å². The molecule has 0 aromatic heterocycles. The Balaban J connectivity index is 3.07. The summed E-state index contributed by atoms with van der Waals surface area (Å²) >= 11 is 0. The molecule has 0 fully saturated rings. The second-order valence-electron chi connectivity index (χ2n) is 20.1. The van der Waals surface area contributed by atoms with E-state index in [0.29, 0.717) is 6.42 Å². The van der Waals surface area contributed by atoms with Crippen molar-refractivity contribution in [3.8, 4) is 0 Å². The number of esters is 1. The minimum absolute atomic E-state index is 0.0576. The SMILES string of the molecule is CCCCCCCCCCCCCCCCCCCCCCCCCCCCCCCCCCCCCCCCCCCCCCCCCCCCCCCCC(=O)OC. The van der Waals surface area contributed by atoms with Gasteiger partial charge in [0.25, 0.3) is 0 Å². The van der Waals surface area contributed by atoms with E-state index in [1.807, 2.05) is 0 Å². The first kappa shape index (κ1) is 59.5. The molecule has 60 heavy (non-hydrogen) atoms. The Morgan fingerprint density at radius 1 is 0.217 bits per heavy atom. The zero-order chi connectivity index (χ0) is 43.2. The fourth-order valence-electron chi connectivity index (χ4n) is 9.64. The average Bonchev–Trinajstić information content (AvgIpc) is 3.26. The fourth-order valence-corrected chi connectivity index (χ4v) is 9.64. The van der Waals surface area contributed by atoms with Gasteiger partial charge in [0.15, 0.2) is 0 Å². The molecule has 0 spiro atoms. The van der Waals surface area contributed by atoms with Crippen molar-refractivity contribution in [2.45, 2.75) is 360 Å². The largest absolute Gasteiger partial charge is 0.469 e. The molecule has 0 bridgehead atoms. The maximum Gasteiger partial charge on any atom is 0.305 e. The highest BCUT2D eigenvalue weighted by molar-refractivity contribution is 5.68. The number of carbonyl (C=O) groups excluding carboxylic acids is 1. The minimum Gasteiger partial charge on any atom is -0.469 e. The average molecular weight is 846 g/mol. The van der Waals surface area contributed by atoms with E-state index in [2.05, 4.69) is 6.92 Å². The number of ether oxygens (including phenoxy) is 1. The van der Waals surface area contributed by atoms with Crippen LogP contribution < -0.4 is 0 Å². The second kappa shape index (κ2) is 56.5. The zero-order valence-corrected chi connectivity index (χ0v) is 42.2. The molecule has 2 heteroatoms. The van der Waals surface area contributed by atoms with Crippen molar-refractivity contribution in [1.82, 2.24) is 0 Å². The summed E-state index contributed by atoms with van der Waals surface area (Å²) in [5.74, 6) is -0.0576.